The fourth-order valence-corrected chi connectivity index (χ4v) is 1.92. The smallest absolute Gasteiger partial charge is 0.119 e. The van der Waals surface area contributed by atoms with Gasteiger partial charge in [0.05, 0.1) is 14.2 Å². The number of ether oxygens (including phenoxy) is 2. The van der Waals surface area contributed by atoms with Gasteiger partial charge < -0.3 is 14.6 Å². The van der Waals surface area contributed by atoms with Crippen molar-refractivity contribution in [3.63, 3.8) is 0 Å². The third kappa shape index (κ3) is 3.54. The molecule has 20 heavy (non-hydrogen) atoms. The van der Waals surface area contributed by atoms with E-state index in [1.807, 2.05) is 42.5 Å². The minimum Gasteiger partial charge on any atom is -0.508 e. The number of rotatable bonds is 5. The summed E-state index contributed by atoms with van der Waals surface area (Å²) in [6.45, 7) is 0. The highest BCUT2D eigenvalue weighted by atomic mass is 16.5. The average molecular weight is 270 g/mol. The Balaban J connectivity index is 2.09. The Morgan fingerprint density at radius 2 is 1.75 bits per heavy atom. The topological polar surface area (TPSA) is 38.7 Å². The summed E-state index contributed by atoms with van der Waals surface area (Å²) in [5.74, 6) is 1.85. The Morgan fingerprint density at radius 3 is 2.50 bits per heavy atom. The van der Waals surface area contributed by atoms with Crippen LogP contribution in [-0.2, 0) is 6.42 Å². The predicted molar refractivity (Wildman–Crippen MR) is 80.4 cm³/mol. The summed E-state index contributed by atoms with van der Waals surface area (Å²) in [7, 11) is 3.26. The Labute approximate surface area is 119 Å². The van der Waals surface area contributed by atoms with Gasteiger partial charge in [0, 0.05) is 5.56 Å². The van der Waals surface area contributed by atoms with Gasteiger partial charge in [-0.2, -0.15) is 0 Å². The molecule has 1 N–H and O–H groups in total. The molecule has 2 aromatic rings. The van der Waals surface area contributed by atoms with Gasteiger partial charge in [-0.15, -0.1) is 0 Å². The van der Waals surface area contributed by atoms with Crippen LogP contribution in [0.5, 0.6) is 17.2 Å². The molecule has 0 bridgehead atoms. The molecule has 0 saturated heterocycles. The van der Waals surface area contributed by atoms with Crippen molar-refractivity contribution in [3.05, 3.63) is 59.7 Å². The van der Waals surface area contributed by atoms with Crippen LogP contribution < -0.4 is 9.47 Å². The number of allylic oxidation sites excluding steroid dienone is 1. The molecule has 0 aliphatic rings. The van der Waals surface area contributed by atoms with Crippen LogP contribution in [0.2, 0.25) is 0 Å². The zero-order chi connectivity index (χ0) is 14.4. The SMILES string of the molecule is COc1cccc(/C=C/Cc2cc(OC)ccc2O)c1. The number of phenols is 1. The van der Waals surface area contributed by atoms with E-state index in [2.05, 4.69) is 0 Å². The lowest BCUT2D eigenvalue weighted by Crippen LogP contribution is -1.87. The minimum absolute atomic E-state index is 0.279. The van der Waals surface area contributed by atoms with Crippen molar-refractivity contribution >= 4 is 6.08 Å². The van der Waals surface area contributed by atoms with E-state index in [1.54, 1.807) is 26.4 Å². The van der Waals surface area contributed by atoms with Gasteiger partial charge in [0.2, 0.25) is 0 Å². The van der Waals surface area contributed by atoms with Gasteiger partial charge in [0.25, 0.3) is 0 Å². The Kier molecular flexibility index (Phi) is 4.66. The van der Waals surface area contributed by atoms with Crippen LogP contribution in [0.4, 0.5) is 0 Å². The van der Waals surface area contributed by atoms with Crippen LogP contribution in [0.15, 0.2) is 48.5 Å². The number of methoxy groups -OCH3 is 2. The number of hydrogen-bond donors (Lipinski definition) is 1. The summed E-state index contributed by atoms with van der Waals surface area (Å²) in [6.07, 6.45) is 4.64. The molecule has 0 spiro atoms. The van der Waals surface area contributed by atoms with Crippen molar-refractivity contribution in [1.29, 1.82) is 0 Å². The molecule has 0 amide bonds. The second-order valence-electron chi connectivity index (χ2n) is 4.38. The van der Waals surface area contributed by atoms with E-state index in [0.717, 1.165) is 22.6 Å². The molecule has 2 rings (SSSR count). The Hall–Kier alpha value is -2.42. The van der Waals surface area contributed by atoms with E-state index < -0.39 is 0 Å². The summed E-state index contributed by atoms with van der Waals surface area (Å²) in [6, 6.07) is 13.0. The van der Waals surface area contributed by atoms with Crippen LogP contribution in [0.3, 0.4) is 0 Å². The fraction of sp³-hybridized carbons (Fsp3) is 0.176. The Morgan fingerprint density at radius 1 is 1.00 bits per heavy atom. The first-order valence-corrected chi connectivity index (χ1v) is 6.39. The molecule has 0 fully saturated rings. The van der Waals surface area contributed by atoms with Gasteiger partial charge in [-0.05, 0) is 42.3 Å². The van der Waals surface area contributed by atoms with Crippen molar-refractivity contribution in [3.8, 4) is 17.2 Å². The zero-order valence-electron chi connectivity index (χ0n) is 11.7. The van der Waals surface area contributed by atoms with Crippen LogP contribution >= 0.6 is 0 Å². The summed E-state index contributed by atoms with van der Waals surface area (Å²) in [5, 5.41) is 9.80. The third-order valence-electron chi connectivity index (χ3n) is 3.03. The van der Waals surface area contributed by atoms with Crippen molar-refractivity contribution in [2.75, 3.05) is 14.2 Å². The summed E-state index contributed by atoms with van der Waals surface area (Å²) in [5.41, 5.74) is 1.90. The highest BCUT2D eigenvalue weighted by molar-refractivity contribution is 5.53. The van der Waals surface area contributed by atoms with E-state index in [0.29, 0.717) is 6.42 Å². The van der Waals surface area contributed by atoms with E-state index in [-0.39, 0.29) is 5.75 Å². The first kappa shape index (κ1) is 14.0. The molecule has 0 unspecified atom stereocenters. The van der Waals surface area contributed by atoms with Gasteiger partial charge in [-0.1, -0.05) is 24.3 Å². The number of aromatic hydroxyl groups is 1. The van der Waals surface area contributed by atoms with E-state index >= 15 is 0 Å². The molecular formula is C17H18O3. The summed E-state index contributed by atoms with van der Waals surface area (Å²) < 4.78 is 10.3. The molecule has 0 atom stereocenters. The first-order valence-electron chi connectivity index (χ1n) is 6.39. The third-order valence-corrected chi connectivity index (χ3v) is 3.03. The number of benzene rings is 2. The molecule has 0 aromatic heterocycles. The van der Waals surface area contributed by atoms with Gasteiger partial charge in [-0.3, -0.25) is 0 Å². The van der Waals surface area contributed by atoms with Crippen LogP contribution in [-0.4, -0.2) is 19.3 Å². The standard InChI is InChI=1S/C17H18O3/c1-19-15-8-4-6-13(11-15)5-3-7-14-12-16(20-2)9-10-17(14)18/h3-6,8-12,18H,7H2,1-2H3/b5-3+. The van der Waals surface area contributed by atoms with Crippen molar-refractivity contribution in [2.24, 2.45) is 0 Å². The zero-order valence-corrected chi connectivity index (χ0v) is 11.7. The fourth-order valence-electron chi connectivity index (χ4n) is 1.92. The van der Waals surface area contributed by atoms with E-state index in [9.17, 15) is 5.11 Å². The van der Waals surface area contributed by atoms with Crippen LogP contribution in [0, 0.1) is 0 Å². The Bertz CT molecular complexity index is 603. The van der Waals surface area contributed by atoms with Gasteiger partial charge >= 0.3 is 0 Å². The molecule has 0 saturated carbocycles. The largest absolute Gasteiger partial charge is 0.508 e. The summed E-state index contributed by atoms with van der Waals surface area (Å²) in [4.78, 5) is 0. The second-order valence-corrected chi connectivity index (χ2v) is 4.38. The second kappa shape index (κ2) is 6.66. The highest BCUT2D eigenvalue weighted by Gasteiger charge is 2.01. The maximum absolute atomic E-state index is 9.80. The monoisotopic (exact) mass is 270 g/mol. The molecule has 2 aromatic carbocycles. The first-order chi connectivity index (χ1) is 9.72. The van der Waals surface area contributed by atoms with E-state index in [4.69, 9.17) is 9.47 Å². The molecule has 0 aliphatic heterocycles. The van der Waals surface area contributed by atoms with Gasteiger partial charge in [0.1, 0.15) is 17.2 Å². The molecule has 3 heteroatoms. The van der Waals surface area contributed by atoms with Crippen molar-refractivity contribution in [1.82, 2.24) is 0 Å². The maximum Gasteiger partial charge on any atom is 0.119 e. The molecule has 0 aliphatic carbocycles. The maximum atomic E-state index is 9.80. The minimum atomic E-state index is 0.279. The predicted octanol–water partition coefficient (Wildman–Crippen LogP) is 3.67. The van der Waals surface area contributed by atoms with Crippen molar-refractivity contribution < 1.29 is 14.6 Å². The summed E-state index contributed by atoms with van der Waals surface area (Å²) >= 11 is 0. The average Bonchev–Trinajstić information content (AvgIpc) is 2.49. The lowest BCUT2D eigenvalue weighted by atomic mass is 10.1. The van der Waals surface area contributed by atoms with Crippen LogP contribution in [0.1, 0.15) is 11.1 Å². The van der Waals surface area contributed by atoms with E-state index in [1.165, 1.54) is 0 Å². The lowest BCUT2D eigenvalue weighted by Gasteiger charge is -2.05. The quantitative estimate of drug-likeness (QED) is 0.901. The van der Waals surface area contributed by atoms with Gasteiger partial charge in [-0.25, -0.2) is 0 Å². The molecule has 0 radical (unpaired) electrons. The van der Waals surface area contributed by atoms with Crippen LogP contribution in [0.25, 0.3) is 6.08 Å². The van der Waals surface area contributed by atoms with Gasteiger partial charge in [0.15, 0.2) is 0 Å². The molecule has 3 nitrogen and oxygen atoms in total. The number of phenolic OH excluding ortho intramolecular Hbond substituents is 1. The van der Waals surface area contributed by atoms with Crippen molar-refractivity contribution in [2.45, 2.75) is 6.42 Å². The molecular weight excluding hydrogens is 252 g/mol. The normalized spacial score (nSPS) is 10.7. The lowest BCUT2D eigenvalue weighted by molar-refractivity contribution is 0.411. The molecule has 104 valence electrons. The highest BCUT2D eigenvalue weighted by Crippen LogP contribution is 2.24. The number of hydrogen-bond acceptors (Lipinski definition) is 3. The molecule has 0 heterocycles.